The van der Waals surface area contributed by atoms with Crippen molar-refractivity contribution in [3.63, 3.8) is 0 Å². The summed E-state index contributed by atoms with van der Waals surface area (Å²) in [5.41, 5.74) is 3.44. The maximum Gasteiger partial charge on any atom is 0.116 e. The fraction of sp³-hybridized carbons (Fsp3) is 0.667. The number of benzene rings is 1. The van der Waals surface area contributed by atoms with Gasteiger partial charge >= 0.3 is 0 Å². The average Bonchev–Trinajstić information content (AvgIpc) is 2.98. The molecule has 0 radical (unpaired) electrons. The predicted octanol–water partition coefficient (Wildman–Crippen LogP) is 5.42. The Morgan fingerprint density at radius 3 is 2.24 bits per heavy atom. The Labute approximate surface area is 128 Å². The molecule has 0 unspecified atom stereocenters. The van der Waals surface area contributed by atoms with Crippen molar-refractivity contribution in [3.8, 4) is 0 Å². The summed E-state index contributed by atoms with van der Waals surface area (Å²) in [5, 5.41) is 11.0. The van der Waals surface area contributed by atoms with Crippen molar-refractivity contribution in [1.82, 2.24) is 15.4 Å². The lowest BCUT2D eigenvalue weighted by Gasteiger charge is -2.03. The summed E-state index contributed by atoms with van der Waals surface area (Å²) in [7, 11) is 0. The van der Waals surface area contributed by atoms with E-state index in [0.717, 1.165) is 17.5 Å². The van der Waals surface area contributed by atoms with Crippen LogP contribution in [0.2, 0.25) is 0 Å². The van der Waals surface area contributed by atoms with Gasteiger partial charge in [-0.05, 0) is 24.5 Å². The molecule has 0 saturated carbocycles. The van der Waals surface area contributed by atoms with Crippen molar-refractivity contribution in [3.05, 3.63) is 23.8 Å². The number of nitrogens with zero attached hydrogens (tertiary/aromatic N) is 2. The zero-order valence-corrected chi connectivity index (χ0v) is 13.4. The molecule has 1 N–H and O–H groups in total. The van der Waals surface area contributed by atoms with Gasteiger partial charge in [-0.15, -0.1) is 5.10 Å². The summed E-state index contributed by atoms with van der Waals surface area (Å²) < 4.78 is 0. The van der Waals surface area contributed by atoms with Crippen LogP contribution in [-0.2, 0) is 6.42 Å². The zero-order chi connectivity index (χ0) is 14.8. The zero-order valence-electron chi connectivity index (χ0n) is 13.4. The van der Waals surface area contributed by atoms with E-state index in [-0.39, 0.29) is 0 Å². The number of hydrogen-bond donors (Lipinski definition) is 1. The summed E-state index contributed by atoms with van der Waals surface area (Å²) in [6, 6.07) is 6.31. The minimum atomic E-state index is 1.05. The number of hydrogen-bond acceptors (Lipinski definition) is 2. The van der Waals surface area contributed by atoms with Crippen molar-refractivity contribution in [1.29, 1.82) is 0 Å². The first-order valence-electron chi connectivity index (χ1n) is 8.70. The van der Waals surface area contributed by atoms with Crippen molar-refractivity contribution in [2.75, 3.05) is 0 Å². The molecule has 3 nitrogen and oxygen atoms in total. The third kappa shape index (κ3) is 5.49. The van der Waals surface area contributed by atoms with Crippen LogP contribution in [0.3, 0.4) is 0 Å². The minimum Gasteiger partial charge on any atom is -0.258 e. The molecule has 1 aromatic carbocycles. The molecule has 116 valence electrons. The number of rotatable bonds is 11. The van der Waals surface area contributed by atoms with Crippen molar-refractivity contribution in [2.24, 2.45) is 0 Å². The van der Waals surface area contributed by atoms with Gasteiger partial charge in [0.15, 0.2) is 0 Å². The lowest BCUT2D eigenvalue weighted by Crippen LogP contribution is -1.88. The van der Waals surface area contributed by atoms with E-state index in [1.54, 1.807) is 0 Å². The smallest absolute Gasteiger partial charge is 0.116 e. The average molecular weight is 287 g/mol. The molecule has 2 rings (SSSR count). The van der Waals surface area contributed by atoms with Gasteiger partial charge in [-0.25, -0.2) is 0 Å². The van der Waals surface area contributed by atoms with Gasteiger partial charge in [-0.1, -0.05) is 82.1 Å². The Morgan fingerprint density at radius 1 is 0.857 bits per heavy atom. The van der Waals surface area contributed by atoms with Crippen molar-refractivity contribution >= 4 is 11.0 Å². The highest BCUT2D eigenvalue weighted by Gasteiger charge is 2.03. The van der Waals surface area contributed by atoms with Gasteiger partial charge in [0, 0.05) is 0 Å². The molecule has 1 aromatic heterocycles. The van der Waals surface area contributed by atoms with E-state index in [9.17, 15) is 0 Å². The molecule has 21 heavy (non-hydrogen) atoms. The highest BCUT2D eigenvalue weighted by molar-refractivity contribution is 5.77. The topological polar surface area (TPSA) is 41.6 Å². The molecular weight excluding hydrogens is 258 g/mol. The number of aromatic amines is 1. The van der Waals surface area contributed by atoms with Crippen LogP contribution >= 0.6 is 0 Å². The molecule has 1 heterocycles. The number of fused-ring (bicyclic) bond motifs is 1. The molecule has 0 spiro atoms. The Morgan fingerprint density at radius 2 is 1.52 bits per heavy atom. The second kappa shape index (κ2) is 9.54. The fourth-order valence-corrected chi connectivity index (χ4v) is 2.93. The molecule has 0 aliphatic heterocycles. The third-order valence-electron chi connectivity index (χ3n) is 4.24. The number of H-pyrrole nitrogens is 1. The van der Waals surface area contributed by atoms with Gasteiger partial charge in [0.25, 0.3) is 0 Å². The van der Waals surface area contributed by atoms with E-state index in [1.807, 2.05) is 6.07 Å². The van der Waals surface area contributed by atoms with Crippen LogP contribution in [0.25, 0.3) is 11.0 Å². The van der Waals surface area contributed by atoms with Crippen LogP contribution in [0.15, 0.2) is 18.2 Å². The predicted molar refractivity (Wildman–Crippen MR) is 89.4 cm³/mol. The first-order valence-corrected chi connectivity index (χ1v) is 8.70. The summed E-state index contributed by atoms with van der Waals surface area (Å²) in [4.78, 5) is 0. The maximum absolute atomic E-state index is 4.18. The van der Waals surface area contributed by atoms with Crippen molar-refractivity contribution < 1.29 is 0 Å². The molecule has 0 atom stereocenters. The fourth-order valence-electron chi connectivity index (χ4n) is 2.93. The quantitative estimate of drug-likeness (QED) is 0.560. The van der Waals surface area contributed by atoms with Crippen LogP contribution in [0.5, 0.6) is 0 Å². The summed E-state index contributed by atoms with van der Waals surface area (Å²) in [5.74, 6) is 0. The molecule has 0 aliphatic rings. The van der Waals surface area contributed by atoms with Gasteiger partial charge in [0.2, 0.25) is 0 Å². The molecule has 0 amide bonds. The highest BCUT2D eigenvalue weighted by atomic mass is 15.3. The normalized spacial score (nSPS) is 11.3. The third-order valence-corrected chi connectivity index (χ3v) is 4.24. The molecule has 3 heteroatoms. The summed E-state index contributed by atoms with van der Waals surface area (Å²) >= 11 is 0. The summed E-state index contributed by atoms with van der Waals surface area (Å²) in [6.45, 7) is 2.28. The molecular formula is C18H29N3. The number of aryl methyl sites for hydroxylation is 1. The van der Waals surface area contributed by atoms with Gasteiger partial charge < -0.3 is 0 Å². The minimum absolute atomic E-state index is 1.05. The lowest BCUT2D eigenvalue weighted by molar-refractivity contribution is 0.556. The lowest BCUT2D eigenvalue weighted by atomic mass is 10.0. The Bertz CT molecular complexity index is 504. The van der Waals surface area contributed by atoms with Gasteiger partial charge in [-0.3, -0.25) is 5.10 Å². The molecule has 0 fully saturated rings. The molecule has 0 aliphatic carbocycles. The first-order chi connectivity index (χ1) is 10.4. The van der Waals surface area contributed by atoms with Crippen LogP contribution in [0.4, 0.5) is 0 Å². The van der Waals surface area contributed by atoms with Crippen LogP contribution in [-0.4, -0.2) is 15.4 Å². The standard InChI is InChI=1S/C18H29N3/c1-2-3-4-5-6-7-8-9-10-11-13-16-14-12-15-17-18(16)20-21-19-17/h12,14-15H,2-11,13H2,1H3,(H,19,20,21). The molecule has 0 bridgehead atoms. The Hall–Kier alpha value is -1.38. The van der Waals surface area contributed by atoms with Crippen LogP contribution < -0.4 is 0 Å². The van der Waals surface area contributed by atoms with Gasteiger partial charge in [-0.2, -0.15) is 0 Å². The van der Waals surface area contributed by atoms with Crippen LogP contribution in [0, 0.1) is 0 Å². The number of unbranched alkanes of at least 4 members (excludes halogenated alkanes) is 9. The van der Waals surface area contributed by atoms with E-state index < -0.39 is 0 Å². The number of aromatic nitrogens is 3. The maximum atomic E-state index is 4.18. The molecule has 2 aromatic rings. The molecule has 0 saturated heterocycles. The first kappa shape index (κ1) is 16.0. The Balaban J connectivity index is 1.53. The second-order valence-corrected chi connectivity index (χ2v) is 6.06. The highest BCUT2D eigenvalue weighted by Crippen LogP contribution is 2.17. The summed E-state index contributed by atoms with van der Waals surface area (Å²) in [6.07, 6.45) is 15.0. The van der Waals surface area contributed by atoms with E-state index in [2.05, 4.69) is 34.5 Å². The monoisotopic (exact) mass is 287 g/mol. The van der Waals surface area contributed by atoms with E-state index in [0.29, 0.717) is 0 Å². The van der Waals surface area contributed by atoms with E-state index in [1.165, 1.54) is 69.8 Å². The van der Waals surface area contributed by atoms with Gasteiger partial charge in [0.05, 0.1) is 5.52 Å². The van der Waals surface area contributed by atoms with Crippen molar-refractivity contribution in [2.45, 2.75) is 77.6 Å². The van der Waals surface area contributed by atoms with E-state index in [4.69, 9.17) is 0 Å². The largest absolute Gasteiger partial charge is 0.258 e. The Kier molecular flexibility index (Phi) is 7.27. The van der Waals surface area contributed by atoms with Gasteiger partial charge in [0.1, 0.15) is 5.52 Å². The number of nitrogens with one attached hydrogen (secondary N) is 1. The second-order valence-electron chi connectivity index (χ2n) is 6.06. The SMILES string of the molecule is CCCCCCCCCCCCc1cccc2[nH]nnc12. The van der Waals surface area contributed by atoms with E-state index >= 15 is 0 Å². The van der Waals surface area contributed by atoms with Crippen LogP contribution in [0.1, 0.15) is 76.7 Å².